The quantitative estimate of drug-likeness (QED) is 0.670. The van der Waals surface area contributed by atoms with Crippen molar-refractivity contribution >= 4 is 23.0 Å². The minimum Gasteiger partial charge on any atom is -0.465 e. The summed E-state index contributed by atoms with van der Waals surface area (Å²) in [7, 11) is 1.37. The number of nitrogens with one attached hydrogen (secondary N) is 1. The van der Waals surface area contributed by atoms with Gasteiger partial charge in [-0.1, -0.05) is 6.07 Å². The number of nitrogen functional groups attached to an aromatic ring is 1. The largest absolute Gasteiger partial charge is 0.465 e. The third-order valence-corrected chi connectivity index (χ3v) is 3.83. The van der Waals surface area contributed by atoms with Crippen LogP contribution < -0.4 is 11.1 Å². The molecule has 0 amide bonds. The summed E-state index contributed by atoms with van der Waals surface area (Å²) < 4.78 is 4.81. The Morgan fingerprint density at radius 1 is 1.14 bits per heavy atom. The Morgan fingerprint density at radius 3 is 2.76 bits per heavy atom. The fourth-order valence-electron chi connectivity index (χ4n) is 2.75. The van der Waals surface area contributed by atoms with Gasteiger partial charge >= 0.3 is 5.97 Å². The Kier molecular flexibility index (Phi) is 3.52. The van der Waals surface area contributed by atoms with Crippen LogP contribution >= 0.6 is 0 Å². The summed E-state index contributed by atoms with van der Waals surface area (Å²) in [4.78, 5) is 11.8. The van der Waals surface area contributed by atoms with E-state index in [0.717, 1.165) is 18.5 Å². The molecule has 0 saturated heterocycles. The van der Waals surface area contributed by atoms with Gasteiger partial charge in [0.25, 0.3) is 0 Å². The number of hydrogen-bond acceptors (Lipinski definition) is 4. The van der Waals surface area contributed by atoms with Crippen LogP contribution in [-0.4, -0.2) is 13.1 Å². The number of rotatable bonds is 3. The molecule has 1 aliphatic rings. The van der Waals surface area contributed by atoms with Gasteiger partial charge < -0.3 is 15.8 Å². The van der Waals surface area contributed by atoms with Gasteiger partial charge in [-0.25, -0.2) is 4.79 Å². The van der Waals surface area contributed by atoms with E-state index >= 15 is 0 Å². The van der Waals surface area contributed by atoms with E-state index in [1.165, 1.54) is 24.7 Å². The minimum atomic E-state index is -0.397. The first-order valence-corrected chi connectivity index (χ1v) is 7.04. The van der Waals surface area contributed by atoms with Gasteiger partial charge in [0, 0.05) is 11.4 Å². The number of hydrogen-bond donors (Lipinski definition) is 2. The summed E-state index contributed by atoms with van der Waals surface area (Å²) in [5, 5.41) is 3.29. The van der Waals surface area contributed by atoms with Crippen LogP contribution in [0.25, 0.3) is 0 Å². The van der Waals surface area contributed by atoms with E-state index in [1.54, 1.807) is 18.2 Å². The molecule has 108 valence electrons. The second-order valence-electron chi connectivity index (χ2n) is 5.26. The average molecular weight is 282 g/mol. The predicted molar refractivity (Wildman–Crippen MR) is 83.9 cm³/mol. The lowest BCUT2D eigenvalue weighted by atomic mass is 10.1. The number of fused-ring (bicyclic) bond motifs is 1. The molecule has 0 unspecified atom stereocenters. The normalized spacial score (nSPS) is 12.8. The maximum atomic E-state index is 11.8. The van der Waals surface area contributed by atoms with Crippen LogP contribution in [0.2, 0.25) is 0 Å². The van der Waals surface area contributed by atoms with Gasteiger partial charge in [-0.3, -0.25) is 0 Å². The second-order valence-corrected chi connectivity index (χ2v) is 5.26. The summed E-state index contributed by atoms with van der Waals surface area (Å²) >= 11 is 0. The zero-order valence-electron chi connectivity index (χ0n) is 12.0. The first-order chi connectivity index (χ1) is 10.2. The van der Waals surface area contributed by atoms with Crippen molar-refractivity contribution in [2.75, 3.05) is 18.2 Å². The van der Waals surface area contributed by atoms with Gasteiger partial charge in [-0.15, -0.1) is 0 Å². The van der Waals surface area contributed by atoms with Crippen molar-refractivity contribution in [3.8, 4) is 0 Å². The van der Waals surface area contributed by atoms with Crippen LogP contribution in [0.4, 0.5) is 17.1 Å². The molecular weight excluding hydrogens is 264 g/mol. The van der Waals surface area contributed by atoms with Gasteiger partial charge in [-0.05, 0) is 60.7 Å². The Labute approximate surface area is 123 Å². The average Bonchev–Trinajstić information content (AvgIpc) is 2.96. The van der Waals surface area contributed by atoms with E-state index in [1.807, 2.05) is 6.07 Å². The molecular formula is C17H18N2O2. The molecule has 2 aromatic carbocycles. The molecule has 0 atom stereocenters. The summed E-state index contributed by atoms with van der Waals surface area (Å²) in [6.07, 6.45) is 3.50. The Morgan fingerprint density at radius 2 is 1.95 bits per heavy atom. The number of carbonyl (C=O) groups excluding carboxylic acids is 1. The number of carbonyl (C=O) groups is 1. The highest BCUT2D eigenvalue weighted by molar-refractivity contribution is 5.97. The number of benzene rings is 2. The minimum absolute atomic E-state index is 0.397. The van der Waals surface area contributed by atoms with E-state index in [4.69, 9.17) is 10.5 Å². The Balaban J connectivity index is 1.92. The van der Waals surface area contributed by atoms with Crippen molar-refractivity contribution in [2.45, 2.75) is 19.3 Å². The van der Waals surface area contributed by atoms with Crippen molar-refractivity contribution < 1.29 is 9.53 Å². The van der Waals surface area contributed by atoms with Crippen LogP contribution in [0.15, 0.2) is 36.4 Å². The third-order valence-electron chi connectivity index (χ3n) is 3.83. The van der Waals surface area contributed by atoms with Crippen LogP contribution in [0.1, 0.15) is 27.9 Å². The lowest BCUT2D eigenvalue weighted by Crippen LogP contribution is -2.06. The second kappa shape index (κ2) is 5.48. The van der Waals surface area contributed by atoms with E-state index in [9.17, 15) is 4.79 Å². The molecule has 2 aromatic rings. The molecule has 3 rings (SSSR count). The topological polar surface area (TPSA) is 64.3 Å². The van der Waals surface area contributed by atoms with Crippen LogP contribution in [0.3, 0.4) is 0 Å². The molecule has 21 heavy (non-hydrogen) atoms. The lowest BCUT2D eigenvalue weighted by molar-refractivity contribution is 0.0602. The zero-order chi connectivity index (χ0) is 14.8. The molecule has 0 aliphatic heterocycles. The molecule has 0 aromatic heterocycles. The van der Waals surface area contributed by atoms with E-state index < -0.39 is 5.97 Å². The van der Waals surface area contributed by atoms with E-state index in [-0.39, 0.29) is 0 Å². The SMILES string of the molecule is COC(=O)c1cc(N)ccc1Nc1ccc2c(c1)CCC2. The summed E-state index contributed by atoms with van der Waals surface area (Å²) in [5.41, 5.74) is 11.2. The van der Waals surface area contributed by atoms with Crippen molar-refractivity contribution in [3.05, 3.63) is 53.1 Å². The number of aryl methyl sites for hydroxylation is 2. The maximum Gasteiger partial charge on any atom is 0.340 e. The highest BCUT2D eigenvalue weighted by Crippen LogP contribution is 2.28. The third kappa shape index (κ3) is 2.70. The first-order valence-electron chi connectivity index (χ1n) is 7.04. The fraction of sp³-hybridized carbons (Fsp3) is 0.235. The van der Waals surface area contributed by atoms with Crippen molar-refractivity contribution in [2.24, 2.45) is 0 Å². The highest BCUT2D eigenvalue weighted by atomic mass is 16.5. The van der Waals surface area contributed by atoms with Crippen LogP contribution in [0.5, 0.6) is 0 Å². The molecule has 1 aliphatic carbocycles. The van der Waals surface area contributed by atoms with Gasteiger partial charge in [0.1, 0.15) is 0 Å². The smallest absolute Gasteiger partial charge is 0.340 e. The summed E-state index contributed by atoms with van der Waals surface area (Å²) in [6.45, 7) is 0. The predicted octanol–water partition coefficient (Wildman–Crippen LogP) is 3.29. The van der Waals surface area contributed by atoms with Gasteiger partial charge in [-0.2, -0.15) is 0 Å². The first kappa shape index (κ1) is 13.5. The molecule has 0 bridgehead atoms. The molecule has 0 fully saturated rings. The molecule has 3 N–H and O–H groups in total. The number of esters is 1. The lowest BCUT2D eigenvalue weighted by Gasteiger charge is -2.12. The van der Waals surface area contributed by atoms with Crippen molar-refractivity contribution in [1.29, 1.82) is 0 Å². The highest BCUT2D eigenvalue weighted by Gasteiger charge is 2.14. The number of ether oxygens (including phenoxy) is 1. The van der Waals surface area contributed by atoms with Crippen molar-refractivity contribution in [3.63, 3.8) is 0 Å². The number of methoxy groups -OCH3 is 1. The van der Waals surface area contributed by atoms with Gasteiger partial charge in [0.2, 0.25) is 0 Å². The molecule has 0 heterocycles. The van der Waals surface area contributed by atoms with Crippen LogP contribution in [0, 0.1) is 0 Å². The number of nitrogens with two attached hydrogens (primary N) is 1. The monoisotopic (exact) mass is 282 g/mol. The standard InChI is InChI=1S/C17H18N2O2/c1-21-17(20)15-10-13(18)6-8-16(15)19-14-7-5-11-3-2-4-12(11)9-14/h5-10,19H,2-4,18H2,1H3. The molecule has 0 spiro atoms. The van der Waals surface area contributed by atoms with Crippen LogP contribution in [-0.2, 0) is 17.6 Å². The molecule has 0 saturated carbocycles. The van der Waals surface area contributed by atoms with Crippen molar-refractivity contribution in [1.82, 2.24) is 0 Å². The number of anilines is 3. The van der Waals surface area contributed by atoms with Gasteiger partial charge in [0.15, 0.2) is 0 Å². The fourth-order valence-corrected chi connectivity index (χ4v) is 2.75. The summed E-state index contributed by atoms with van der Waals surface area (Å²) in [5.74, 6) is -0.397. The Bertz CT molecular complexity index is 695. The van der Waals surface area contributed by atoms with E-state index in [2.05, 4.69) is 17.4 Å². The zero-order valence-corrected chi connectivity index (χ0v) is 12.0. The molecule has 4 nitrogen and oxygen atoms in total. The molecule has 4 heteroatoms. The maximum absolute atomic E-state index is 11.8. The van der Waals surface area contributed by atoms with Gasteiger partial charge in [0.05, 0.1) is 18.4 Å². The summed E-state index contributed by atoms with van der Waals surface area (Å²) in [6, 6.07) is 11.5. The molecule has 0 radical (unpaired) electrons. The van der Waals surface area contributed by atoms with E-state index in [0.29, 0.717) is 16.9 Å². The Hall–Kier alpha value is -2.49.